The lowest BCUT2D eigenvalue weighted by Crippen LogP contribution is -2.07. The first-order valence-corrected chi connectivity index (χ1v) is 6.18. The Kier molecular flexibility index (Phi) is 4.62. The predicted octanol–water partition coefficient (Wildman–Crippen LogP) is 2.81. The molecule has 0 fully saturated rings. The van der Waals surface area contributed by atoms with Crippen molar-refractivity contribution in [3.8, 4) is 6.01 Å². The number of anilines is 1. The van der Waals surface area contributed by atoms with Crippen LogP contribution in [0.4, 0.5) is 14.7 Å². The van der Waals surface area contributed by atoms with Gasteiger partial charge in [-0.3, -0.25) is 0 Å². The quantitative estimate of drug-likeness (QED) is 0.920. The first-order chi connectivity index (χ1) is 9.58. The SMILES string of the molecule is CCOc1nc(Cl)nc(NCc2ccc(F)c(F)c2)n1. The Morgan fingerprint density at radius 2 is 2.00 bits per heavy atom. The van der Waals surface area contributed by atoms with E-state index in [9.17, 15) is 8.78 Å². The van der Waals surface area contributed by atoms with Crippen LogP contribution in [0.3, 0.4) is 0 Å². The second-order valence-corrected chi connectivity index (χ2v) is 4.08. The van der Waals surface area contributed by atoms with Crippen LogP contribution in [-0.2, 0) is 6.54 Å². The summed E-state index contributed by atoms with van der Waals surface area (Å²) in [6, 6.07) is 3.70. The van der Waals surface area contributed by atoms with Crippen molar-refractivity contribution < 1.29 is 13.5 Å². The van der Waals surface area contributed by atoms with E-state index in [4.69, 9.17) is 16.3 Å². The summed E-state index contributed by atoms with van der Waals surface area (Å²) in [5.41, 5.74) is 0.540. The van der Waals surface area contributed by atoms with E-state index < -0.39 is 11.6 Å². The van der Waals surface area contributed by atoms with Crippen LogP contribution in [0, 0.1) is 11.6 Å². The fraction of sp³-hybridized carbons (Fsp3) is 0.250. The minimum Gasteiger partial charge on any atom is -0.464 e. The molecular formula is C12H11ClF2N4O. The largest absolute Gasteiger partial charge is 0.464 e. The highest BCUT2D eigenvalue weighted by Gasteiger charge is 2.07. The molecular weight excluding hydrogens is 290 g/mol. The van der Waals surface area contributed by atoms with E-state index in [1.807, 2.05) is 0 Å². The maximum Gasteiger partial charge on any atom is 0.322 e. The van der Waals surface area contributed by atoms with Crippen LogP contribution in [0.5, 0.6) is 6.01 Å². The number of nitrogens with zero attached hydrogens (tertiary/aromatic N) is 3. The van der Waals surface area contributed by atoms with Crippen LogP contribution in [0.2, 0.25) is 5.28 Å². The molecule has 0 saturated heterocycles. The van der Waals surface area contributed by atoms with Gasteiger partial charge in [0.25, 0.3) is 0 Å². The Morgan fingerprint density at radius 3 is 2.70 bits per heavy atom. The molecule has 1 N–H and O–H groups in total. The Labute approximate surface area is 119 Å². The molecule has 0 unspecified atom stereocenters. The van der Waals surface area contributed by atoms with Gasteiger partial charge in [0.1, 0.15) is 0 Å². The van der Waals surface area contributed by atoms with Crippen molar-refractivity contribution in [3.05, 3.63) is 40.7 Å². The number of halogens is 3. The summed E-state index contributed by atoms with van der Waals surface area (Å²) < 4.78 is 31.0. The molecule has 0 radical (unpaired) electrons. The van der Waals surface area contributed by atoms with Crippen LogP contribution in [0.15, 0.2) is 18.2 Å². The number of nitrogens with one attached hydrogen (secondary N) is 1. The molecule has 5 nitrogen and oxygen atoms in total. The summed E-state index contributed by atoms with van der Waals surface area (Å²) in [5.74, 6) is -1.61. The molecule has 0 spiro atoms. The molecule has 0 amide bonds. The number of hydrogen-bond donors (Lipinski definition) is 1. The molecule has 0 aliphatic rings. The van der Waals surface area contributed by atoms with Gasteiger partial charge in [0.05, 0.1) is 6.61 Å². The Balaban J connectivity index is 2.08. The van der Waals surface area contributed by atoms with Gasteiger partial charge in [0.2, 0.25) is 11.2 Å². The first kappa shape index (κ1) is 14.4. The van der Waals surface area contributed by atoms with Gasteiger partial charge in [-0.1, -0.05) is 6.07 Å². The summed E-state index contributed by atoms with van der Waals surface area (Å²) in [5, 5.41) is 2.81. The molecule has 0 bridgehead atoms. The van der Waals surface area contributed by atoms with Crippen LogP contribution < -0.4 is 10.1 Å². The lowest BCUT2D eigenvalue weighted by Gasteiger charge is -2.07. The number of ether oxygens (including phenoxy) is 1. The second kappa shape index (κ2) is 6.42. The summed E-state index contributed by atoms with van der Waals surface area (Å²) >= 11 is 5.72. The van der Waals surface area contributed by atoms with E-state index >= 15 is 0 Å². The van der Waals surface area contributed by atoms with E-state index in [2.05, 4.69) is 20.3 Å². The van der Waals surface area contributed by atoms with E-state index in [-0.39, 0.29) is 23.8 Å². The molecule has 1 heterocycles. The minimum absolute atomic E-state index is 0.0174. The van der Waals surface area contributed by atoms with Crippen molar-refractivity contribution >= 4 is 17.5 Å². The normalized spacial score (nSPS) is 10.4. The number of hydrogen-bond acceptors (Lipinski definition) is 5. The molecule has 20 heavy (non-hydrogen) atoms. The molecule has 1 aromatic heterocycles. The highest BCUT2D eigenvalue weighted by atomic mass is 35.5. The van der Waals surface area contributed by atoms with Crippen LogP contribution >= 0.6 is 11.6 Å². The Hall–Kier alpha value is -2.02. The van der Waals surface area contributed by atoms with Gasteiger partial charge in [-0.2, -0.15) is 15.0 Å². The molecule has 2 rings (SSSR count). The van der Waals surface area contributed by atoms with Gasteiger partial charge in [0, 0.05) is 6.54 Å². The third kappa shape index (κ3) is 3.74. The Morgan fingerprint density at radius 1 is 1.20 bits per heavy atom. The number of benzene rings is 1. The van der Waals surface area contributed by atoms with Crippen molar-refractivity contribution in [3.63, 3.8) is 0 Å². The van der Waals surface area contributed by atoms with E-state index in [1.54, 1.807) is 6.92 Å². The molecule has 2 aromatic rings. The Bertz CT molecular complexity index is 612. The predicted molar refractivity (Wildman–Crippen MR) is 69.7 cm³/mol. The monoisotopic (exact) mass is 300 g/mol. The van der Waals surface area contributed by atoms with Crippen molar-refractivity contribution in [2.75, 3.05) is 11.9 Å². The van der Waals surface area contributed by atoms with Crippen molar-refractivity contribution in [2.45, 2.75) is 13.5 Å². The smallest absolute Gasteiger partial charge is 0.322 e. The molecule has 8 heteroatoms. The third-order valence-corrected chi connectivity index (χ3v) is 2.46. The highest BCUT2D eigenvalue weighted by molar-refractivity contribution is 6.28. The summed E-state index contributed by atoms with van der Waals surface area (Å²) in [4.78, 5) is 11.6. The lowest BCUT2D eigenvalue weighted by atomic mass is 10.2. The topological polar surface area (TPSA) is 59.9 Å². The van der Waals surface area contributed by atoms with Crippen LogP contribution in [0.25, 0.3) is 0 Å². The average Bonchev–Trinajstić information content (AvgIpc) is 2.40. The summed E-state index contributed by atoms with van der Waals surface area (Å²) in [6.07, 6.45) is 0. The second-order valence-electron chi connectivity index (χ2n) is 3.75. The van der Waals surface area contributed by atoms with Gasteiger partial charge in [-0.25, -0.2) is 8.78 Å². The van der Waals surface area contributed by atoms with E-state index in [0.717, 1.165) is 12.1 Å². The van der Waals surface area contributed by atoms with Gasteiger partial charge < -0.3 is 10.1 Å². The van der Waals surface area contributed by atoms with E-state index in [1.165, 1.54) is 6.07 Å². The number of aromatic nitrogens is 3. The molecule has 0 atom stereocenters. The van der Waals surface area contributed by atoms with Crippen molar-refractivity contribution in [2.24, 2.45) is 0 Å². The minimum atomic E-state index is -0.909. The van der Waals surface area contributed by atoms with Gasteiger partial charge in [-0.15, -0.1) is 0 Å². The molecule has 0 aliphatic carbocycles. The zero-order valence-corrected chi connectivity index (χ0v) is 11.3. The fourth-order valence-electron chi connectivity index (χ4n) is 1.44. The number of rotatable bonds is 5. The van der Waals surface area contributed by atoms with Crippen LogP contribution in [0.1, 0.15) is 12.5 Å². The van der Waals surface area contributed by atoms with Crippen molar-refractivity contribution in [1.29, 1.82) is 0 Å². The van der Waals surface area contributed by atoms with Gasteiger partial charge in [0.15, 0.2) is 11.6 Å². The first-order valence-electron chi connectivity index (χ1n) is 5.80. The van der Waals surface area contributed by atoms with Crippen LogP contribution in [-0.4, -0.2) is 21.6 Å². The fourth-order valence-corrected chi connectivity index (χ4v) is 1.59. The highest BCUT2D eigenvalue weighted by Crippen LogP contribution is 2.13. The molecule has 0 aliphatic heterocycles. The summed E-state index contributed by atoms with van der Waals surface area (Å²) in [6.45, 7) is 2.39. The molecule has 106 valence electrons. The zero-order chi connectivity index (χ0) is 14.5. The molecule has 1 aromatic carbocycles. The van der Waals surface area contributed by atoms with Gasteiger partial charge >= 0.3 is 6.01 Å². The maximum absolute atomic E-state index is 13.0. The van der Waals surface area contributed by atoms with Gasteiger partial charge in [-0.05, 0) is 36.2 Å². The lowest BCUT2D eigenvalue weighted by molar-refractivity contribution is 0.312. The van der Waals surface area contributed by atoms with E-state index in [0.29, 0.717) is 12.2 Å². The molecule has 0 saturated carbocycles. The standard InChI is InChI=1S/C12H11ClF2N4O/c1-2-20-12-18-10(13)17-11(19-12)16-6-7-3-4-8(14)9(15)5-7/h3-5H,2,6H2,1H3,(H,16,17,18,19). The summed E-state index contributed by atoms with van der Waals surface area (Å²) in [7, 11) is 0. The third-order valence-electron chi connectivity index (χ3n) is 2.30. The van der Waals surface area contributed by atoms with Crippen molar-refractivity contribution in [1.82, 2.24) is 15.0 Å². The maximum atomic E-state index is 13.0. The average molecular weight is 301 g/mol. The zero-order valence-electron chi connectivity index (χ0n) is 10.5.